The van der Waals surface area contributed by atoms with E-state index < -0.39 is 0 Å². The van der Waals surface area contributed by atoms with E-state index in [0.717, 1.165) is 0 Å². The summed E-state index contributed by atoms with van der Waals surface area (Å²) in [4.78, 5) is 7.93. The van der Waals surface area contributed by atoms with Crippen LogP contribution in [0.1, 0.15) is 11.1 Å². The number of fused-ring (bicyclic) bond motifs is 25. The van der Waals surface area contributed by atoms with Gasteiger partial charge in [-0.1, -0.05) is 436 Å². The minimum atomic E-state index is 1.25. The molecule has 0 aliphatic carbocycles. The monoisotopic (exact) mass is 2010 g/mol. The molecule has 0 spiro atoms. The zero-order valence-electron chi connectivity index (χ0n) is 81.8. The molecule has 0 nitrogen and oxygen atoms in total. The molecule has 0 unspecified atom stereocenters. The molecule has 32 aromatic rings. The molecule has 0 atom stereocenters. The third kappa shape index (κ3) is 14.3. The summed E-state index contributed by atoms with van der Waals surface area (Å²) < 4.78 is 7.95. The molecule has 150 heavy (non-hydrogen) atoms. The van der Waals surface area contributed by atoms with Gasteiger partial charge in [-0.25, -0.2) is 0 Å². The van der Waals surface area contributed by atoms with Crippen LogP contribution in [0.3, 0.4) is 0 Å². The third-order valence-electron chi connectivity index (χ3n) is 31.1. The smallest absolute Gasteiger partial charge is 0.0446 e. The van der Waals surface area contributed by atoms with Crippen molar-refractivity contribution in [3.8, 4) is 107 Å². The van der Waals surface area contributed by atoms with E-state index in [9.17, 15) is 0 Å². The lowest BCUT2D eigenvalue weighted by molar-refractivity contribution is 1.47. The van der Waals surface area contributed by atoms with Gasteiger partial charge in [-0.3, -0.25) is 0 Å². The van der Waals surface area contributed by atoms with Crippen molar-refractivity contribution < 1.29 is 0 Å². The van der Waals surface area contributed by atoms with E-state index in [-0.39, 0.29) is 0 Å². The molecule has 0 bridgehead atoms. The fourth-order valence-electron chi connectivity index (χ4n) is 24.3. The Morgan fingerprint density at radius 3 is 0.567 bits per heavy atom. The highest BCUT2D eigenvalue weighted by atomic mass is 32.1. The zero-order chi connectivity index (χ0) is 98.9. The fraction of sp³-hybridized carbons (Fsp3) is 0.0139. The van der Waals surface area contributed by atoms with E-state index in [0.29, 0.717) is 0 Å². The van der Waals surface area contributed by atoms with Gasteiger partial charge in [-0.2, -0.15) is 0 Å². The maximum Gasteiger partial charge on any atom is 0.0446 e. The Labute approximate surface area is 890 Å². The Morgan fingerprint density at radius 1 is 0.120 bits per heavy atom. The highest BCUT2D eigenvalue weighted by Gasteiger charge is 2.32. The molecular weight excluding hydrogens is 1920 g/mol. The van der Waals surface area contributed by atoms with Crippen molar-refractivity contribution in [2.24, 2.45) is 0 Å². The first-order valence-electron chi connectivity index (χ1n) is 51.4. The van der Waals surface area contributed by atoms with Crippen LogP contribution in [0, 0.1) is 13.8 Å². The second-order valence-electron chi connectivity index (χ2n) is 39.7. The van der Waals surface area contributed by atoms with Crippen molar-refractivity contribution in [2.45, 2.75) is 13.8 Å². The topological polar surface area (TPSA) is 0 Å². The van der Waals surface area contributed by atoms with Crippen molar-refractivity contribution in [2.75, 3.05) is 0 Å². The van der Waals surface area contributed by atoms with Crippen LogP contribution in [0.15, 0.2) is 497 Å². The van der Waals surface area contributed by atoms with Crippen LogP contribution in [-0.2, 0) is 0 Å². The highest BCUT2D eigenvalue weighted by Crippen LogP contribution is 2.61. The molecule has 0 amide bonds. The van der Waals surface area contributed by atoms with Gasteiger partial charge in [0, 0.05) is 156 Å². The first-order chi connectivity index (χ1) is 74.2. The van der Waals surface area contributed by atoms with Gasteiger partial charge in [0.1, 0.15) is 0 Å². The normalized spacial score (nSPS) is 11.9. The lowest BCUT2D eigenvalue weighted by atomic mass is 9.85. The molecule has 0 aliphatic rings. The maximum absolute atomic E-state index is 2.47. The summed E-state index contributed by atoms with van der Waals surface area (Å²) in [6.07, 6.45) is 0. The van der Waals surface area contributed by atoms with Crippen LogP contribution in [-0.4, -0.2) is 0 Å². The molecule has 6 heterocycles. The van der Waals surface area contributed by atoms with Crippen LogP contribution in [0.5, 0.6) is 0 Å². The highest BCUT2D eigenvalue weighted by molar-refractivity contribution is 7.26. The van der Waals surface area contributed by atoms with Crippen molar-refractivity contribution in [1.29, 1.82) is 0 Å². The van der Waals surface area contributed by atoms with Crippen molar-refractivity contribution in [1.82, 2.24) is 0 Å². The molecule has 6 aromatic heterocycles. The Bertz CT molecular complexity index is 10400. The summed E-state index contributed by atoms with van der Waals surface area (Å²) in [6, 6.07) is 185. The van der Waals surface area contributed by atoms with Crippen LogP contribution in [0.4, 0.5) is 0 Å². The quantitative estimate of drug-likeness (QED) is 0.0946. The minimum absolute atomic E-state index is 1.25. The molecule has 32 rings (SSSR count). The molecule has 0 fully saturated rings. The molecule has 0 saturated heterocycles. The minimum Gasteiger partial charge on any atom is -0.134 e. The fourth-order valence-corrected chi connectivity index (χ4v) is 32.1. The first-order valence-corrected chi connectivity index (χ1v) is 56.3. The molecule has 0 saturated carbocycles. The van der Waals surface area contributed by atoms with E-state index in [4.69, 9.17) is 0 Å². The standard InChI is InChI=1S/C50H28S2.C48H32S2.C46H28S2/c1-2-14-30-26-42-41(25-29(30)13-1)47(45-27-43-35-19-5-3-15-31(35)33-17-7-11-23-39(33)49(43)51-45)37-21-9-10-22-38(37)48(42)46-28-44-36-20-6-4-16-32(36)34-18-8-12-24-40(34)50(44)52-46;1-29-19-23-31(24-20-29)43-37-15-7-9-17-41(37)49-47(43)45-35-13-5-6-14-36(35)46(40-28-34-12-4-3-11-33(34)27-39(40)45)48-44(32-25-21-30(2)22-26-32)38-16-8-10-18-42(38)50-48;1-3-15-29(16-4-1)41-35-23-11-13-25-39(35)47-45(41)43-33-21-9-10-22-34(33)44(38-28-32-20-8-7-19-31(32)27-37(38)43)46-42(30-17-5-2-6-18-30)36-24-12-14-26-40(36)48-46/h1-28H;3-28H,1-2H3;1-28H. The van der Waals surface area contributed by atoms with Gasteiger partial charge in [0.15, 0.2) is 0 Å². The summed E-state index contributed by atoms with van der Waals surface area (Å²) >= 11 is 11.6. The Morgan fingerprint density at radius 2 is 0.307 bits per heavy atom. The van der Waals surface area contributed by atoms with Crippen LogP contribution < -0.4 is 0 Å². The molecule has 0 radical (unpaired) electrons. The number of hydrogen-bond donors (Lipinski definition) is 0. The van der Waals surface area contributed by atoms with Gasteiger partial charge in [0.25, 0.3) is 0 Å². The van der Waals surface area contributed by atoms with Crippen molar-refractivity contribution in [3.63, 3.8) is 0 Å². The molecule has 0 N–H and O–H groups in total. The SMILES string of the molecule is Cc1ccc(-c2c(-c3c4ccccc4c(-c4sc5ccccc5c4-c4ccc(C)cc4)c4cc5ccccc5cc34)sc3ccccc23)cc1.c1ccc(-c2c(-c3c4ccccc4c(-c4sc5ccccc5c4-c4ccccc4)c4cc5ccccc5cc34)sc3ccccc23)cc1.c1ccc2cc3c(-c4cc5c6ccccc6c6ccccc6c5s4)c4ccccc4c(-c4cc5c6ccccc6c6ccccc6c5s4)c3cc2c1. The zero-order valence-corrected chi connectivity index (χ0v) is 86.7. The second-order valence-corrected chi connectivity index (χ2v) is 46.0. The number of thiophene rings is 6. The summed E-state index contributed by atoms with van der Waals surface area (Å²) in [7, 11) is 0. The number of hydrogen-bond acceptors (Lipinski definition) is 6. The van der Waals surface area contributed by atoms with E-state index >= 15 is 0 Å². The maximum atomic E-state index is 2.47. The third-order valence-corrected chi connectivity index (χ3v) is 38.2. The predicted octanol–water partition coefficient (Wildman–Crippen LogP) is 44.6. The lowest BCUT2D eigenvalue weighted by Crippen LogP contribution is -1.92. The van der Waals surface area contributed by atoms with E-state index in [1.165, 1.54) is 319 Å². The summed E-state index contributed by atoms with van der Waals surface area (Å²) in [6.45, 7) is 4.33. The van der Waals surface area contributed by atoms with Crippen molar-refractivity contribution >= 4 is 269 Å². The van der Waals surface area contributed by atoms with Crippen LogP contribution in [0.25, 0.3) is 308 Å². The second kappa shape index (κ2) is 35.9. The number of benzene rings is 26. The molecule has 0 aliphatic heterocycles. The summed E-state index contributed by atoms with van der Waals surface area (Å²) in [5, 5.41) is 41.6. The van der Waals surface area contributed by atoms with Gasteiger partial charge < -0.3 is 0 Å². The van der Waals surface area contributed by atoms with Gasteiger partial charge in [-0.05, 0) is 238 Å². The lowest BCUT2D eigenvalue weighted by Gasteiger charge is -2.19. The van der Waals surface area contributed by atoms with E-state index in [2.05, 4.69) is 511 Å². The first kappa shape index (κ1) is 88.2. The molecule has 700 valence electrons. The Balaban J connectivity index is 0.000000103. The summed E-state index contributed by atoms with van der Waals surface area (Å²) in [5.74, 6) is 0. The average Bonchev–Trinajstić information content (AvgIpc) is 1.50. The van der Waals surface area contributed by atoms with E-state index in [1.54, 1.807) is 0 Å². The Hall–Kier alpha value is -17.1. The molecular formula is C144H88S6. The predicted molar refractivity (Wildman–Crippen MR) is 663 cm³/mol. The van der Waals surface area contributed by atoms with Crippen molar-refractivity contribution in [3.05, 3.63) is 509 Å². The molecule has 26 aromatic carbocycles. The van der Waals surface area contributed by atoms with E-state index in [1.807, 2.05) is 68.0 Å². The van der Waals surface area contributed by atoms with Gasteiger partial charge in [-0.15, -0.1) is 68.0 Å². The number of aryl methyl sites for hydroxylation is 2. The van der Waals surface area contributed by atoms with Gasteiger partial charge in [0.05, 0.1) is 0 Å². The van der Waals surface area contributed by atoms with Crippen LogP contribution >= 0.6 is 68.0 Å². The Kier molecular flexibility index (Phi) is 21.1. The van der Waals surface area contributed by atoms with Gasteiger partial charge >= 0.3 is 0 Å². The van der Waals surface area contributed by atoms with Crippen LogP contribution in [0.2, 0.25) is 0 Å². The largest absolute Gasteiger partial charge is 0.134 e. The van der Waals surface area contributed by atoms with Gasteiger partial charge in [0.2, 0.25) is 0 Å². The number of rotatable bonds is 10. The average molecular weight is 2010 g/mol. The summed E-state index contributed by atoms with van der Waals surface area (Å²) in [5.41, 5.74) is 20.8. The molecule has 6 heteroatoms.